The molecule has 0 aromatic rings. The Labute approximate surface area is 98.8 Å². The van der Waals surface area contributed by atoms with Crippen LogP contribution in [-0.4, -0.2) is 54.9 Å². The van der Waals surface area contributed by atoms with Gasteiger partial charge in [0.2, 0.25) is 0 Å². The zero-order valence-electron chi connectivity index (χ0n) is 9.97. The number of piperidine rings is 1. The van der Waals surface area contributed by atoms with E-state index in [1.165, 1.54) is 13.4 Å². The van der Waals surface area contributed by atoms with E-state index in [4.69, 9.17) is 9.17 Å². The number of hydrogen-bond acceptors (Lipinski definition) is 6. The number of nitrogens with zero attached hydrogens (tertiary/aromatic N) is 1. The average molecular weight is 252 g/mol. The third kappa shape index (κ3) is 4.44. The van der Waals surface area contributed by atoms with E-state index >= 15 is 0 Å². The zero-order chi connectivity index (χ0) is 12.0. The molecule has 0 amide bonds. The fourth-order valence-corrected chi connectivity index (χ4v) is 2.29. The van der Waals surface area contributed by atoms with Crippen LogP contribution in [0.25, 0.3) is 0 Å². The standard InChI is InChI=1S/C9H20N2O4S/c1-10-8-4-5-11(15-16(3)12)9(6-8)7-14-13-2/h8-10H,4-7H2,1-3H3. The van der Waals surface area contributed by atoms with Crippen LogP contribution >= 0.6 is 0 Å². The second-order valence-corrected chi connectivity index (χ2v) is 4.68. The van der Waals surface area contributed by atoms with E-state index in [0.29, 0.717) is 12.6 Å². The lowest BCUT2D eigenvalue weighted by molar-refractivity contribution is -0.291. The molecular formula is C9H20N2O4S. The van der Waals surface area contributed by atoms with Crippen molar-refractivity contribution >= 4 is 11.1 Å². The van der Waals surface area contributed by atoms with Crippen LogP contribution in [0.4, 0.5) is 0 Å². The first-order chi connectivity index (χ1) is 7.67. The van der Waals surface area contributed by atoms with E-state index in [-0.39, 0.29) is 6.04 Å². The van der Waals surface area contributed by atoms with E-state index < -0.39 is 11.1 Å². The van der Waals surface area contributed by atoms with Crippen molar-refractivity contribution in [3.8, 4) is 0 Å². The molecule has 96 valence electrons. The van der Waals surface area contributed by atoms with Gasteiger partial charge in [0.1, 0.15) is 6.61 Å². The summed E-state index contributed by atoms with van der Waals surface area (Å²) >= 11 is -1.29. The summed E-state index contributed by atoms with van der Waals surface area (Å²) in [6.45, 7) is 1.15. The molecule has 0 aliphatic carbocycles. The third-order valence-corrected chi connectivity index (χ3v) is 3.05. The molecule has 0 saturated carbocycles. The van der Waals surface area contributed by atoms with E-state index in [1.54, 1.807) is 5.06 Å². The number of rotatable bonds is 6. The van der Waals surface area contributed by atoms with E-state index in [0.717, 1.165) is 19.4 Å². The van der Waals surface area contributed by atoms with Gasteiger partial charge in [-0.15, -0.1) is 0 Å². The van der Waals surface area contributed by atoms with Gasteiger partial charge in [-0.2, -0.15) is 9.35 Å². The second kappa shape index (κ2) is 7.31. The fraction of sp³-hybridized carbons (Fsp3) is 1.00. The molecule has 6 nitrogen and oxygen atoms in total. The highest BCUT2D eigenvalue weighted by molar-refractivity contribution is 7.79. The summed E-state index contributed by atoms with van der Waals surface area (Å²) in [4.78, 5) is 9.52. The van der Waals surface area contributed by atoms with Crippen molar-refractivity contribution in [3.05, 3.63) is 0 Å². The van der Waals surface area contributed by atoms with E-state index in [1.807, 2.05) is 7.05 Å². The molecule has 0 bridgehead atoms. The maximum absolute atomic E-state index is 11.0. The van der Waals surface area contributed by atoms with Crippen LogP contribution in [0.5, 0.6) is 0 Å². The fourth-order valence-electron chi connectivity index (χ4n) is 1.82. The lowest BCUT2D eigenvalue weighted by atomic mass is 10.00. The molecule has 7 heteroatoms. The predicted molar refractivity (Wildman–Crippen MR) is 60.7 cm³/mol. The largest absolute Gasteiger partial charge is 0.317 e. The molecule has 3 atom stereocenters. The molecule has 1 saturated heterocycles. The van der Waals surface area contributed by atoms with Crippen LogP contribution in [0.2, 0.25) is 0 Å². The Morgan fingerprint density at radius 1 is 1.56 bits per heavy atom. The van der Waals surface area contributed by atoms with Gasteiger partial charge in [-0.25, -0.2) is 14.0 Å². The molecule has 16 heavy (non-hydrogen) atoms. The van der Waals surface area contributed by atoms with Crippen LogP contribution in [0.3, 0.4) is 0 Å². The summed E-state index contributed by atoms with van der Waals surface area (Å²) in [5.74, 6) is 0. The first-order valence-electron chi connectivity index (χ1n) is 5.28. The molecule has 1 fully saturated rings. The number of nitrogens with one attached hydrogen (secondary N) is 1. The Morgan fingerprint density at radius 2 is 2.31 bits per heavy atom. The molecule has 0 aromatic heterocycles. The molecule has 1 rings (SSSR count). The Kier molecular flexibility index (Phi) is 6.40. The minimum absolute atomic E-state index is 0.0649. The van der Waals surface area contributed by atoms with Crippen molar-refractivity contribution in [2.24, 2.45) is 0 Å². The second-order valence-electron chi connectivity index (χ2n) is 3.73. The monoisotopic (exact) mass is 252 g/mol. The highest BCUT2D eigenvalue weighted by Gasteiger charge is 2.30. The van der Waals surface area contributed by atoms with Gasteiger partial charge in [0.15, 0.2) is 11.1 Å². The highest BCUT2D eigenvalue weighted by atomic mass is 32.2. The first-order valence-corrected chi connectivity index (χ1v) is 6.77. The van der Waals surface area contributed by atoms with Gasteiger partial charge in [-0.3, -0.25) is 0 Å². The molecule has 1 aliphatic heterocycles. The zero-order valence-corrected chi connectivity index (χ0v) is 10.8. The lowest BCUT2D eigenvalue weighted by Crippen LogP contribution is -2.49. The molecule has 1 N–H and O–H groups in total. The topological polar surface area (TPSA) is 60.0 Å². The summed E-state index contributed by atoms with van der Waals surface area (Å²) in [7, 11) is 3.41. The van der Waals surface area contributed by atoms with Crippen LogP contribution in [0, 0.1) is 0 Å². The van der Waals surface area contributed by atoms with Gasteiger partial charge in [0.05, 0.1) is 13.2 Å². The summed E-state index contributed by atoms with van der Waals surface area (Å²) in [6.07, 6.45) is 3.37. The summed E-state index contributed by atoms with van der Waals surface area (Å²) in [6, 6.07) is 0.505. The molecule has 0 spiro atoms. The molecule has 1 aliphatic rings. The number of hydrogen-bond donors (Lipinski definition) is 1. The van der Waals surface area contributed by atoms with Gasteiger partial charge in [0.25, 0.3) is 0 Å². The maximum atomic E-state index is 11.0. The van der Waals surface area contributed by atoms with Crippen molar-refractivity contribution in [1.82, 2.24) is 10.4 Å². The normalized spacial score (nSPS) is 29.2. The Balaban J connectivity index is 2.49. The van der Waals surface area contributed by atoms with Gasteiger partial charge < -0.3 is 5.32 Å². The third-order valence-electron chi connectivity index (χ3n) is 2.65. The maximum Gasteiger partial charge on any atom is 0.170 e. The van der Waals surface area contributed by atoms with Crippen LogP contribution < -0.4 is 5.32 Å². The van der Waals surface area contributed by atoms with Crippen molar-refractivity contribution in [3.63, 3.8) is 0 Å². The molecule has 0 radical (unpaired) electrons. The first kappa shape index (κ1) is 14.0. The SMILES string of the molecule is CNC1CCN(OS(C)=O)C(COOC)C1. The molecule has 1 heterocycles. The van der Waals surface area contributed by atoms with Crippen molar-refractivity contribution < 1.29 is 18.3 Å². The Hall–Kier alpha value is -0.0500. The number of hydroxylamine groups is 2. The van der Waals surface area contributed by atoms with E-state index in [9.17, 15) is 4.21 Å². The van der Waals surface area contributed by atoms with E-state index in [2.05, 4.69) is 10.2 Å². The van der Waals surface area contributed by atoms with Crippen LogP contribution in [0.15, 0.2) is 0 Å². The molecular weight excluding hydrogens is 232 g/mol. The highest BCUT2D eigenvalue weighted by Crippen LogP contribution is 2.18. The Morgan fingerprint density at radius 3 is 2.88 bits per heavy atom. The Bertz CT molecular complexity index is 230. The minimum atomic E-state index is -1.29. The summed E-state index contributed by atoms with van der Waals surface area (Å²) < 4.78 is 16.3. The van der Waals surface area contributed by atoms with Crippen molar-refractivity contribution in [2.45, 2.75) is 24.9 Å². The quantitative estimate of drug-likeness (QED) is 0.524. The van der Waals surface area contributed by atoms with Gasteiger partial charge in [0, 0.05) is 18.8 Å². The van der Waals surface area contributed by atoms with Gasteiger partial charge >= 0.3 is 0 Å². The average Bonchev–Trinajstić information content (AvgIpc) is 2.27. The molecule has 3 unspecified atom stereocenters. The van der Waals surface area contributed by atoms with Gasteiger partial charge in [-0.1, -0.05) is 0 Å². The van der Waals surface area contributed by atoms with Crippen LogP contribution in [0.1, 0.15) is 12.8 Å². The smallest absolute Gasteiger partial charge is 0.170 e. The summed E-state index contributed by atoms with van der Waals surface area (Å²) in [5.41, 5.74) is 0. The van der Waals surface area contributed by atoms with Crippen LogP contribution in [-0.2, 0) is 25.1 Å². The summed E-state index contributed by atoms with van der Waals surface area (Å²) in [5, 5.41) is 4.95. The van der Waals surface area contributed by atoms with Crippen molar-refractivity contribution in [1.29, 1.82) is 0 Å². The molecule has 0 aromatic carbocycles. The lowest BCUT2D eigenvalue weighted by Gasteiger charge is -2.36. The van der Waals surface area contributed by atoms with Crippen molar-refractivity contribution in [2.75, 3.05) is 33.6 Å². The predicted octanol–water partition coefficient (Wildman–Crippen LogP) is -0.158. The van der Waals surface area contributed by atoms with Gasteiger partial charge in [-0.05, 0) is 19.9 Å². The minimum Gasteiger partial charge on any atom is -0.317 e.